The lowest BCUT2D eigenvalue weighted by Gasteiger charge is -2.44. The van der Waals surface area contributed by atoms with E-state index in [9.17, 15) is 31.9 Å². The summed E-state index contributed by atoms with van der Waals surface area (Å²) in [4.78, 5) is 65.4. The molecular formula is C57H43F4N3O12. The van der Waals surface area contributed by atoms with Crippen LogP contribution in [-0.2, 0) is 43.9 Å². The summed E-state index contributed by atoms with van der Waals surface area (Å²) in [5.74, 6) is -6.49. The highest BCUT2D eigenvalue weighted by Gasteiger charge is 2.60. The van der Waals surface area contributed by atoms with Crippen molar-refractivity contribution in [2.45, 2.75) is 5.60 Å². The van der Waals surface area contributed by atoms with Crippen molar-refractivity contribution in [3.05, 3.63) is 232 Å². The smallest absolute Gasteiger partial charge is 0.387 e. The Morgan fingerprint density at radius 1 is 0.579 bits per heavy atom. The third-order valence-corrected chi connectivity index (χ3v) is 12.2. The summed E-state index contributed by atoms with van der Waals surface area (Å²) in [5.41, 5.74) is 6.44. The summed E-state index contributed by atoms with van der Waals surface area (Å²) >= 11 is 0. The second kappa shape index (κ2) is 24.4. The lowest BCUT2D eigenvalue weighted by molar-refractivity contribution is -0.617. The molecule has 0 bridgehead atoms. The van der Waals surface area contributed by atoms with Crippen molar-refractivity contribution in [2.24, 2.45) is 14.1 Å². The van der Waals surface area contributed by atoms with Gasteiger partial charge in [-0.1, -0.05) is 97.1 Å². The molecular weight excluding hydrogens is 995 g/mol. The first-order chi connectivity index (χ1) is 36.2. The number of ether oxygens (including phenoxy) is 1. The summed E-state index contributed by atoms with van der Waals surface area (Å²) < 4.78 is 61.1. The number of carbonyl (C=O) groups excluding carboxylic acids is 4. The van der Waals surface area contributed by atoms with Gasteiger partial charge in [0.15, 0.2) is 34.4 Å². The van der Waals surface area contributed by atoms with E-state index in [4.69, 9.17) is 34.8 Å². The number of phenols is 1. The average molecular weight is 1040 g/mol. The van der Waals surface area contributed by atoms with Crippen molar-refractivity contribution in [3.8, 4) is 11.5 Å². The molecule has 0 unspecified atom stereocenters. The van der Waals surface area contributed by atoms with Crippen LogP contribution in [0, 0.1) is 23.3 Å². The Bertz CT molecular complexity index is 3660. The molecule has 386 valence electrons. The number of aromatic nitrogens is 2. The van der Waals surface area contributed by atoms with Gasteiger partial charge in [0, 0.05) is 59.5 Å². The number of aryl methyl sites for hydroxylation is 2. The number of aromatic hydroxyl groups is 1. The predicted molar refractivity (Wildman–Crippen MR) is 270 cm³/mol. The number of benzene rings is 8. The first-order valence-electron chi connectivity index (χ1n) is 22.3. The molecule has 0 radical (unpaired) electrons. The fourth-order valence-corrected chi connectivity index (χ4v) is 8.72. The number of phenolic OH excluding ortho intramolecular Hbond substituents is 1. The minimum Gasteiger partial charge on any atom is -0.870 e. The number of hydrogen-bond donors (Lipinski definition) is 3. The van der Waals surface area contributed by atoms with E-state index >= 15 is 0 Å². The number of rotatable bonds is 2. The van der Waals surface area contributed by atoms with E-state index in [0.29, 0.717) is 10.8 Å². The van der Waals surface area contributed by atoms with Crippen LogP contribution in [0.3, 0.4) is 0 Å². The number of carbonyl (C=O) groups is 2. The highest BCUT2D eigenvalue weighted by molar-refractivity contribution is 6.13. The SMILES string of the molecule is CN1c2ccccc2C2(OOC2=O)c2ccccc21.C[n+]1c2ccccc2c(C(=O)Oc2c(F)cccc2F)c2ccccc21.Cn1c2ccccc2c(=O)c2ccccc21.O=C=O.OO.Oc1c(F)cccc1F.[OH-]. The van der Waals surface area contributed by atoms with E-state index in [1.54, 1.807) is 24.3 Å². The molecule has 0 atom stereocenters. The fourth-order valence-electron chi connectivity index (χ4n) is 8.72. The molecule has 4 N–H and O–H groups in total. The van der Waals surface area contributed by atoms with Crippen LogP contribution in [0.4, 0.5) is 28.9 Å². The molecule has 19 heteroatoms. The molecule has 15 nitrogen and oxygen atoms in total. The Morgan fingerprint density at radius 3 is 1.37 bits per heavy atom. The normalized spacial score (nSPS) is 12.0. The molecule has 0 saturated carbocycles. The molecule has 0 aliphatic carbocycles. The van der Waals surface area contributed by atoms with E-state index in [1.165, 1.54) is 12.1 Å². The van der Waals surface area contributed by atoms with Crippen molar-refractivity contribution in [1.29, 1.82) is 0 Å². The van der Waals surface area contributed by atoms with Gasteiger partial charge in [-0.15, -0.1) is 0 Å². The lowest BCUT2D eigenvalue weighted by Crippen LogP contribution is -2.53. The monoisotopic (exact) mass is 1040 g/mol. The molecule has 12 rings (SSSR count). The van der Waals surface area contributed by atoms with Gasteiger partial charge in [0.2, 0.25) is 16.8 Å². The summed E-state index contributed by atoms with van der Waals surface area (Å²) in [6, 6.07) is 52.0. The lowest BCUT2D eigenvalue weighted by atomic mass is 9.80. The number of hydrogen-bond acceptors (Lipinski definition) is 13. The number of esters is 1. The maximum atomic E-state index is 13.9. The van der Waals surface area contributed by atoms with Gasteiger partial charge < -0.3 is 24.8 Å². The van der Waals surface area contributed by atoms with E-state index in [0.717, 1.165) is 79.6 Å². The van der Waals surface area contributed by atoms with Crippen LogP contribution >= 0.6 is 0 Å². The summed E-state index contributed by atoms with van der Waals surface area (Å²) in [6.45, 7) is 0. The molecule has 8 aromatic carbocycles. The maximum absolute atomic E-state index is 13.9. The highest BCUT2D eigenvalue weighted by Crippen LogP contribution is 2.53. The van der Waals surface area contributed by atoms with Crippen molar-refractivity contribution in [1.82, 2.24) is 4.57 Å². The Labute approximate surface area is 428 Å². The first kappa shape index (κ1) is 55.7. The molecule has 0 amide bonds. The molecule has 1 saturated heterocycles. The first-order valence-corrected chi connectivity index (χ1v) is 22.3. The summed E-state index contributed by atoms with van der Waals surface area (Å²) in [7, 11) is 5.87. The van der Waals surface area contributed by atoms with Gasteiger partial charge >= 0.3 is 18.1 Å². The van der Waals surface area contributed by atoms with Crippen LogP contribution in [0.1, 0.15) is 21.5 Å². The Hall–Kier alpha value is -9.62. The zero-order valence-corrected chi connectivity index (χ0v) is 40.2. The van der Waals surface area contributed by atoms with Crippen LogP contribution in [-0.4, -0.2) is 50.8 Å². The van der Waals surface area contributed by atoms with Gasteiger partial charge in [-0.2, -0.15) is 19.0 Å². The number of fused-ring (bicyclic) bond motifs is 8. The van der Waals surface area contributed by atoms with Crippen LogP contribution in [0.15, 0.2) is 187 Å². The number of para-hydroxylation sites is 8. The minimum atomic E-state index is -1.10. The molecule has 2 aliphatic heterocycles. The van der Waals surface area contributed by atoms with Crippen LogP contribution in [0.25, 0.3) is 43.6 Å². The molecule has 10 aromatic rings. The topological polar surface area (TPSA) is 216 Å². The van der Waals surface area contributed by atoms with Crippen molar-refractivity contribution in [3.63, 3.8) is 0 Å². The number of anilines is 2. The van der Waals surface area contributed by atoms with E-state index in [-0.39, 0.29) is 28.6 Å². The third kappa shape index (κ3) is 10.6. The molecule has 2 aromatic heterocycles. The van der Waals surface area contributed by atoms with Crippen LogP contribution in [0.2, 0.25) is 0 Å². The van der Waals surface area contributed by atoms with E-state index in [1.807, 2.05) is 147 Å². The van der Waals surface area contributed by atoms with Crippen molar-refractivity contribution < 1.29 is 76.9 Å². The molecule has 76 heavy (non-hydrogen) atoms. The van der Waals surface area contributed by atoms with Gasteiger partial charge in [-0.3, -0.25) is 20.2 Å². The maximum Gasteiger partial charge on any atom is 0.387 e. The van der Waals surface area contributed by atoms with Gasteiger partial charge in [0.1, 0.15) is 7.05 Å². The van der Waals surface area contributed by atoms with Crippen molar-refractivity contribution >= 4 is 73.1 Å². The third-order valence-electron chi connectivity index (χ3n) is 12.2. The molecule has 1 fully saturated rings. The highest BCUT2D eigenvalue weighted by atomic mass is 19.1. The van der Waals surface area contributed by atoms with E-state index in [2.05, 4.69) is 14.4 Å². The molecule has 2 aliphatic rings. The van der Waals surface area contributed by atoms with Gasteiger partial charge in [0.25, 0.3) is 5.60 Å². The van der Waals surface area contributed by atoms with E-state index < -0.39 is 46.3 Å². The number of nitrogens with zero attached hydrogens (tertiary/aromatic N) is 3. The van der Waals surface area contributed by atoms with Crippen LogP contribution in [0.5, 0.6) is 11.5 Å². The van der Waals surface area contributed by atoms with Gasteiger partial charge in [-0.05, 0) is 72.8 Å². The number of pyridine rings is 2. The Morgan fingerprint density at radius 2 is 0.961 bits per heavy atom. The molecule has 1 spiro atoms. The van der Waals surface area contributed by atoms with Crippen molar-refractivity contribution in [2.75, 3.05) is 11.9 Å². The largest absolute Gasteiger partial charge is 0.870 e. The average Bonchev–Trinajstić information content (AvgIpc) is 3.54. The summed E-state index contributed by atoms with van der Waals surface area (Å²) in [5, 5.41) is 23.3. The Balaban J connectivity index is 0.000000167. The predicted octanol–water partition coefficient (Wildman–Crippen LogP) is 10.4. The number of halogens is 4. The second-order valence-corrected chi connectivity index (χ2v) is 16.2. The van der Waals surface area contributed by atoms with Crippen LogP contribution < -0.4 is 19.6 Å². The van der Waals surface area contributed by atoms with Gasteiger partial charge in [0.05, 0.1) is 27.4 Å². The molecule has 4 heterocycles. The standard InChI is InChI=1S/C21H14F2NO2.C15H11NO3.C14H11NO.C6H4F2O.CO2.H2O2.H2O/c1-24-17-11-4-2-7-13(17)19(14-8-3-5-12-18(14)24)21(25)26-20-15(22)9-6-10-16(20)23;1-16-12-8-4-2-6-10(12)15(14(17)18-19-15)11-7-3-5-9-13(11)16;1-15-12-8-4-2-6-10(12)14(16)11-7-3-5-9-13(11)15;7-4-2-1-3-5(8)6(4)9;2-1-3;1-2;/h2-12H,1H3;2-9H,1H3;2-9H,1H3;1-3,9H;;1-2H;1H2/q+1;;;;;;/p-1. The van der Waals surface area contributed by atoms with Gasteiger partial charge in [-0.25, -0.2) is 27.2 Å². The Kier molecular flexibility index (Phi) is 17.9. The fraction of sp³-hybridized carbons (Fsp3) is 0.0702. The second-order valence-electron chi connectivity index (χ2n) is 16.2. The summed E-state index contributed by atoms with van der Waals surface area (Å²) in [6.07, 6.45) is 0.250. The zero-order chi connectivity index (χ0) is 54.0. The zero-order valence-electron chi connectivity index (χ0n) is 40.2. The minimum absolute atomic E-state index is 0. The quantitative estimate of drug-likeness (QED) is 0.0280.